The number of aromatic nitrogens is 1. The number of benzene rings is 3. The number of hydrogen-bond donors (Lipinski definition) is 1. The quantitative estimate of drug-likeness (QED) is 0.0914. The van der Waals surface area contributed by atoms with Gasteiger partial charge in [-0.1, -0.05) is 108 Å². The number of aliphatic hydroxyl groups is 1. The summed E-state index contributed by atoms with van der Waals surface area (Å²) in [6.07, 6.45) is 9.24. The second-order valence-electron chi connectivity index (χ2n) is 13.9. The molecule has 0 saturated heterocycles. The van der Waals surface area contributed by atoms with Gasteiger partial charge in [0.15, 0.2) is 5.78 Å². The molecule has 48 heavy (non-hydrogen) atoms. The van der Waals surface area contributed by atoms with Crippen LogP contribution in [0.5, 0.6) is 0 Å². The molecular formula is C43H50IrNO2S-. The van der Waals surface area contributed by atoms with E-state index in [-0.39, 0.29) is 48.9 Å². The Kier molecular flexibility index (Phi) is 13.0. The van der Waals surface area contributed by atoms with Crippen LogP contribution in [0.2, 0.25) is 0 Å². The number of carbonyl (C=O) groups excluding carboxylic acids is 1. The van der Waals surface area contributed by atoms with Gasteiger partial charge in [-0.2, -0.15) is 0 Å². The van der Waals surface area contributed by atoms with Crippen LogP contribution in [-0.4, -0.2) is 15.9 Å². The molecule has 1 atom stereocenters. The van der Waals surface area contributed by atoms with Crippen molar-refractivity contribution in [3.05, 3.63) is 112 Å². The molecule has 2 heterocycles. The molecule has 0 saturated carbocycles. The van der Waals surface area contributed by atoms with E-state index in [1.165, 1.54) is 54.9 Å². The maximum Gasteiger partial charge on any atom is 0.162 e. The van der Waals surface area contributed by atoms with Crippen LogP contribution in [0.3, 0.4) is 0 Å². The molecule has 1 N–H and O–H groups in total. The predicted octanol–water partition coefficient (Wildman–Crippen LogP) is 12.2. The molecule has 2 aromatic heterocycles. The van der Waals surface area contributed by atoms with Crippen LogP contribution in [0.4, 0.5) is 0 Å². The van der Waals surface area contributed by atoms with Gasteiger partial charge in [0.05, 0.1) is 5.76 Å². The molecule has 0 spiro atoms. The first-order chi connectivity index (χ1) is 22.6. The van der Waals surface area contributed by atoms with Gasteiger partial charge in [0, 0.05) is 65.4 Å². The molecule has 1 aliphatic carbocycles. The maximum absolute atomic E-state index is 11.7. The SMILES string of the molecule is CC(C)(C)c1cc(-c2nccc3c4c(sc23)C(c2ccccc2)CC4)[c-]c2ccccc12.CCC(CC)C(=O)/C=C(\O)C(CC)CC.[Ir]. The van der Waals surface area contributed by atoms with Gasteiger partial charge in [-0.3, -0.25) is 9.78 Å². The van der Waals surface area contributed by atoms with Gasteiger partial charge < -0.3 is 5.11 Å². The van der Waals surface area contributed by atoms with Crippen molar-refractivity contribution in [2.24, 2.45) is 11.8 Å². The summed E-state index contributed by atoms with van der Waals surface area (Å²) in [6.45, 7) is 14.9. The van der Waals surface area contributed by atoms with Crippen LogP contribution in [0.15, 0.2) is 84.8 Å². The first-order valence-electron chi connectivity index (χ1n) is 17.5. The standard InChI is InChI=1S/C30H26NS.C13H24O2.Ir/c1-30(2,3)26-18-21(17-20-11-7-8-12-22(20)26)27-29-25(15-16-31-27)24-14-13-23(28(24)32-29)19-9-5-4-6-10-19;1-5-10(6-2)12(14)9-13(15)11(7-3)8-4;/h4-12,15-16,18,23H,13-14H2,1-3H3;9-11,14H,5-8H2,1-4H3;/q-1;;/b;12-9-;. The van der Waals surface area contributed by atoms with E-state index in [9.17, 15) is 9.90 Å². The second kappa shape index (κ2) is 16.5. The minimum atomic E-state index is 0. The summed E-state index contributed by atoms with van der Waals surface area (Å²) in [5.41, 5.74) is 6.54. The Bertz CT molecular complexity index is 1860. The molecule has 255 valence electrons. The van der Waals surface area contributed by atoms with E-state index in [0.29, 0.717) is 5.92 Å². The molecule has 3 aromatic carbocycles. The van der Waals surface area contributed by atoms with Crippen LogP contribution >= 0.6 is 11.3 Å². The molecular weight excluding hydrogens is 787 g/mol. The van der Waals surface area contributed by atoms with Crippen LogP contribution in [0.25, 0.3) is 32.1 Å². The van der Waals surface area contributed by atoms with Gasteiger partial charge >= 0.3 is 0 Å². The average Bonchev–Trinajstić information content (AvgIpc) is 3.65. The largest absolute Gasteiger partial charge is 0.512 e. The first-order valence-corrected chi connectivity index (χ1v) is 18.3. The number of allylic oxidation sites excluding steroid dienone is 2. The third-order valence-electron chi connectivity index (χ3n) is 9.86. The molecule has 3 nitrogen and oxygen atoms in total. The molecule has 5 aromatic rings. The number of fused-ring (bicyclic) bond motifs is 4. The van der Waals surface area contributed by atoms with Crippen molar-refractivity contribution in [1.29, 1.82) is 0 Å². The van der Waals surface area contributed by atoms with E-state index in [0.717, 1.165) is 43.4 Å². The molecule has 1 radical (unpaired) electrons. The number of carbonyl (C=O) groups is 1. The zero-order valence-corrected chi connectivity index (χ0v) is 32.7. The Labute approximate surface area is 305 Å². The van der Waals surface area contributed by atoms with Crippen molar-refractivity contribution in [2.75, 3.05) is 0 Å². The molecule has 0 bridgehead atoms. The monoisotopic (exact) mass is 837 g/mol. The van der Waals surface area contributed by atoms with Crippen LogP contribution < -0.4 is 0 Å². The van der Waals surface area contributed by atoms with E-state index < -0.39 is 0 Å². The molecule has 0 amide bonds. The van der Waals surface area contributed by atoms with Gasteiger partial charge in [0.25, 0.3) is 0 Å². The first kappa shape index (κ1) is 37.7. The number of aryl methyl sites for hydroxylation is 1. The Balaban J connectivity index is 0.000000279. The summed E-state index contributed by atoms with van der Waals surface area (Å²) in [7, 11) is 0. The normalized spacial score (nSPS) is 14.6. The topological polar surface area (TPSA) is 50.2 Å². The van der Waals surface area contributed by atoms with E-state index in [4.69, 9.17) is 4.98 Å². The number of thiophene rings is 1. The van der Waals surface area contributed by atoms with Crippen molar-refractivity contribution >= 4 is 38.0 Å². The third kappa shape index (κ3) is 8.02. The molecule has 0 aliphatic heterocycles. The number of hydrogen-bond acceptors (Lipinski definition) is 4. The predicted molar refractivity (Wildman–Crippen MR) is 201 cm³/mol. The molecule has 1 aliphatic rings. The fourth-order valence-corrected chi connectivity index (χ4v) is 8.52. The summed E-state index contributed by atoms with van der Waals surface area (Å²) >= 11 is 1.95. The molecule has 6 rings (SSSR count). The summed E-state index contributed by atoms with van der Waals surface area (Å²) in [5, 5.41) is 13.6. The maximum atomic E-state index is 11.7. The van der Waals surface area contributed by atoms with Crippen molar-refractivity contribution in [3.8, 4) is 11.3 Å². The Morgan fingerprint density at radius 1 is 0.938 bits per heavy atom. The van der Waals surface area contributed by atoms with E-state index in [1.54, 1.807) is 0 Å². The molecule has 5 heteroatoms. The van der Waals surface area contributed by atoms with E-state index in [2.05, 4.69) is 93.6 Å². The summed E-state index contributed by atoms with van der Waals surface area (Å²) in [5.74, 6) is 1.05. The van der Waals surface area contributed by atoms with Gasteiger partial charge in [-0.15, -0.1) is 40.5 Å². The van der Waals surface area contributed by atoms with E-state index in [1.807, 2.05) is 45.2 Å². The Hall–Kier alpha value is -3.11. The van der Waals surface area contributed by atoms with Gasteiger partial charge in [0.1, 0.15) is 0 Å². The zero-order chi connectivity index (χ0) is 33.7. The number of ketones is 1. The Morgan fingerprint density at radius 3 is 2.23 bits per heavy atom. The smallest absolute Gasteiger partial charge is 0.162 e. The van der Waals surface area contributed by atoms with Crippen molar-refractivity contribution in [2.45, 2.75) is 98.3 Å². The van der Waals surface area contributed by atoms with Gasteiger partial charge in [-0.25, -0.2) is 0 Å². The second-order valence-corrected chi connectivity index (χ2v) is 14.9. The number of nitrogens with zero attached hydrogens (tertiary/aromatic N) is 1. The molecule has 1 unspecified atom stereocenters. The number of aliphatic hydroxyl groups excluding tert-OH is 1. The van der Waals surface area contributed by atoms with Crippen LogP contribution in [0.1, 0.15) is 108 Å². The average molecular weight is 837 g/mol. The van der Waals surface area contributed by atoms with E-state index >= 15 is 0 Å². The fraction of sp³-hybridized carbons (Fsp3) is 0.395. The van der Waals surface area contributed by atoms with Crippen molar-refractivity contribution in [1.82, 2.24) is 4.98 Å². The van der Waals surface area contributed by atoms with Crippen LogP contribution in [0, 0.1) is 17.9 Å². The summed E-state index contributed by atoms with van der Waals surface area (Å²) < 4.78 is 1.31. The van der Waals surface area contributed by atoms with Gasteiger partial charge in [-0.05, 0) is 66.5 Å². The number of pyridine rings is 1. The minimum absolute atomic E-state index is 0. The van der Waals surface area contributed by atoms with Crippen molar-refractivity contribution < 1.29 is 30.0 Å². The summed E-state index contributed by atoms with van der Waals surface area (Å²) in [6, 6.07) is 27.8. The zero-order valence-electron chi connectivity index (χ0n) is 29.5. The number of rotatable bonds is 9. The Morgan fingerprint density at radius 2 is 1.58 bits per heavy atom. The summed E-state index contributed by atoms with van der Waals surface area (Å²) in [4.78, 5) is 18.1. The van der Waals surface area contributed by atoms with Crippen LogP contribution in [-0.2, 0) is 36.7 Å². The third-order valence-corrected chi connectivity index (χ3v) is 11.2. The van der Waals surface area contributed by atoms with Gasteiger partial charge in [0.2, 0.25) is 0 Å². The fourth-order valence-electron chi connectivity index (χ4n) is 7.01. The molecule has 0 fully saturated rings. The van der Waals surface area contributed by atoms with Crippen molar-refractivity contribution in [3.63, 3.8) is 0 Å². The minimum Gasteiger partial charge on any atom is -0.512 e.